The Kier molecular flexibility index (Phi) is 3.11. The molecule has 1 atom stereocenters. The summed E-state index contributed by atoms with van der Waals surface area (Å²) >= 11 is 0. The van der Waals surface area contributed by atoms with Crippen molar-refractivity contribution in [2.24, 2.45) is 11.1 Å². The largest absolute Gasteiger partial charge is 0.330 e. The van der Waals surface area contributed by atoms with Gasteiger partial charge in [-0.05, 0) is 11.8 Å². The standard InChI is InChI=1S/C12H19N5/c1-12(2,3)6-9(7-13)11-16-15-10-4-5-14-8-17(10)11/h4-5,8-9H,6-7,13H2,1-3H3. The van der Waals surface area contributed by atoms with Crippen LogP contribution in [0.2, 0.25) is 0 Å². The van der Waals surface area contributed by atoms with Crippen molar-refractivity contribution >= 4 is 5.65 Å². The van der Waals surface area contributed by atoms with Crippen LogP contribution in [0.4, 0.5) is 0 Å². The molecule has 0 spiro atoms. The molecule has 0 saturated carbocycles. The Labute approximate surface area is 101 Å². The van der Waals surface area contributed by atoms with Crippen LogP contribution in [0, 0.1) is 5.41 Å². The zero-order valence-electron chi connectivity index (χ0n) is 10.6. The van der Waals surface area contributed by atoms with Crippen LogP contribution < -0.4 is 5.73 Å². The summed E-state index contributed by atoms with van der Waals surface area (Å²) in [5, 5.41) is 8.38. The van der Waals surface area contributed by atoms with Gasteiger partial charge in [0.05, 0.1) is 0 Å². The predicted molar refractivity (Wildman–Crippen MR) is 66.6 cm³/mol. The first-order chi connectivity index (χ1) is 8.01. The third kappa shape index (κ3) is 2.61. The summed E-state index contributed by atoms with van der Waals surface area (Å²) < 4.78 is 1.92. The van der Waals surface area contributed by atoms with Gasteiger partial charge in [-0.3, -0.25) is 4.40 Å². The minimum atomic E-state index is 0.217. The molecule has 2 heterocycles. The van der Waals surface area contributed by atoms with Crippen LogP contribution in [-0.2, 0) is 0 Å². The number of hydrogen-bond acceptors (Lipinski definition) is 4. The van der Waals surface area contributed by atoms with Crippen LogP contribution in [0.3, 0.4) is 0 Å². The van der Waals surface area contributed by atoms with Crippen LogP contribution in [0.5, 0.6) is 0 Å². The number of fused-ring (bicyclic) bond motifs is 1. The third-order valence-corrected chi connectivity index (χ3v) is 2.75. The van der Waals surface area contributed by atoms with Gasteiger partial charge in [0.15, 0.2) is 5.65 Å². The molecule has 0 aliphatic heterocycles. The van der Waals surface area contributed by atoms with Crippen molar-refractivity contribution in [3.8, 4) is 0 Å². The highest BCUT2D eigenvalue weighted by atomic mass is 15.3. The van der Waals surface area contributed by atoms with Crippen LogP contribution in [0.1, 0.15) is 38.9 Å². The number of nitrogens with zero attached hydrogens (tertiary/aromatic N) is 4. The summed E-state index contributed by atoms with van der Waals surface area (Å²) in [6.07, 6.45) is 4.45. The molecule has 2 aromatic heterocycles. The third-order valence-electron chi connectivity index (χ3n) is 2.75. The number of hydrogen-bond donors (Lipinski definition) is 1. The zero-order valence-corrected chi connectivity index (χ0v) is 10.6. The summed E-state index contributed by atoms with van der Waals surface area (Å²) in [5.41, 5.74) is 6.90. The van der Waals surface area contributed by atoms with E-state index in [4.69, 9.17) is 5.73 Å². The van der Waals surface area contributed by atoms with E-state index in [2.05, 4.69) is 36.0 Å². The molecule has 0 radical (unpaired) electrons. The molecule has 0 aliphatic carbocycles. The Hall–Kier alpha value is -1.49. The Bertz CT molecular complexity index is 497. The van der Waals surface area contributed by atoms with Gasteiger partial charge in [-0.2, -0.15) is 0 Å². The molecular formula is C12H19N5. The highest BCUT2D eigenvalue weighted by Gasteiger charge is 2.23. The molecule has 0 saturated heterocycles. The lowest BCUT2D eigenvalue weighted by Crippen LogP contribution is -2.21. The van der Waals surface area contributed by atoms with Gasteiger partial charge in [0.2, 0.25) is 0 Å². The van der Waals surface area contributed by atoms with Gasteiger partial charge in [-0.15, -0.1) is 10.2 Å². The number of aromatic nitrogens is 4. The lowest BCUT2D eigenvalue weighted by molar-refractivity contribution is 0.335. The van der Waals surface area contributed by atoms with E-state index in [-0.39, 0.29) is 11.3 Å². The molecule has 17 heavy (non-hydrogen) atoms. The van der Waals surface area contributed by atoms with Crippen molar-refractivity contribution < 1.29 is 0 Å². The first-order valence-corrected chi connectivity index (χ1v) is 5.86. The Balaban J connectivity index is 2.37. The minimum Gasteiger partial charge on any atom is -0.330 e. The summed E-state index contributed by atoms with van der Waals surface area (Å²) in [5.74, 6) is 1.12. The average Bonchev–Trinajstić information content (AvgIpc) is 2.68. The zero-order chi connectivity index (χ0) is 12.5. The fourth-order valence-electron chi connectivity index (χ4n) is 2.06. The maximum Gasteiger partial charge on any atom is 0.163 e. The Morgan fingerprint density at radius 3 is 2.76 bits per heavy atom. The van der Waals surface area contributed by atoms with Crippen molar-refractivity contribution in [1.29, 1.82) is 0 Å². The van der Waals surface area contributed by atoms with Crippen LogP contribution >= 0.6 is 0 Å². The second-order valence-corrected chi connectivity index (χ2v) is 5.56. The molecule has 5 heteroatoms. The van der Waals surface area contributed by atoms with Crippen molar-refractivity contribution in [3.63, 3.8) is 0 Å². The van der Waals surface area contributed by atoms with E-state index in [9.17, 15) is 0 Å². The normalized spacial score (nSPS) is 14.1. The Morgan fingerprint density at radius 1 is 1.35 bits per heavy atom. The molecule has 0 aromatic carbocycles. The maximum atomic E-state index is 5.86. The molecule has 1 unspecified atom stereocenters. The molecule has 2 aromatic rings. The highest BCUT2D eigenvalue weighted by Crippen LogP contribution is 2.29. The van der Waals surface area contributed by atoms with Crippen LogP contribution in [0.25, 0.3) is 5.65 Å². The van der Waals surface area contributed by atoms with Gasteiger partial charge < -0.3 is 5.73 Å². The predicted octanol–water partition coefficient (Wildman–Crippen LogP) is 1.60. The fraction of sp³-hybridized carbons (Fsp3) is 0.583. The van der Waals surface area contributed by atoms with Crippen LogP contribution in [0.15, 0.2) is 18.6 Å². The van der Waals surface area contributed by atoms with Gasteiger partial charge in [0.25, 0.3) is 0 Å². The van der Waals surface area contributed by atoms with Gasteiger partial charge in [-0.1, -0.05) is 20.8 Å². The van der Waals surface area contributed by atoms with E-state index in [1.807, 2.05) is 10.5 Å². The highest BCUT2D eigenvalue weighted by molar-refractivity contribution is 5.35. The van der Waals surface area contributed by atoms with E-state index in [0.717, 1.165) is 17.9 Å². The molecule has 0 amide bonds. The van der Waals surface area contributed by atoms with Crippen molar-refractivity contribution in [2.75, 3.05) is 6.54 Å². The second-order valence-electron chi connectivity index (χ2n) is 5.56. The van der Waals surface area contributed by atoms with Gasteiger partial charge in [0.1, 0.15) is 12.2 Å². The molecular weight excluding hydrogens is 214 g/mol. The first kappa shape index (κ1) is 12.0. The monoisotopic (exact) mass is 233 g/mol. The van der Waals surface area contributed by atoms with Gasteiger partial charge in [0, 0.05) is 24.7 Å². The van der Waals surface area contributed by atoms with E-state index < -0.39 is 0 Å². The average molecular weight is 233 g/mol. The van der Waals surface area contributed by atoms with E-state index in [0.29, 0.717) is 6.54 Å². The van der Waals surface area contributed by atoms with Crippen molar-refractivity contribution in [3.05, 3.63) is 24.4 Å². The van der Waals surface area contributed by atoms with E-state index in [1.54, 1.807) is 12.5 Å². The first-order valence-electron chi connectivity index (χ1n) is 5.86. The lowest BCUT2D eigenvalue weighted by atomic mass is 9.84. The molecule has 0 fully saturated rings. The smallest absolute Gasteiger partial charge is 0.163 e. The summed E-state index contributed by atoms with van der Waals surface area (Å²) in [7, 11) is 0. The second kappa shape index (κ2) is 4.41. The SMILES string of the molecule is CC(C)(C)CC(CN)c1nnc2ccncn12. The molecule has 2 rings (SSSR count). The number of nitrogens with two attached hydrogens (primary N) is 1. The van der Waals surface area contributed by atoms with E-state index in [1.165, 1.54) is 0 Å². The molecule has 2 N–H and O–H groups in total. The van der Waals surface area contributed by atoms with Crippen LogP contribution in [-0.4, -0.2) is 26.1 Å². The summed E-state index contributed by atoms with van der Waals surface area (Å²) in [4.78, 5) is 4.10. The maximum absolute atomic E-state index is 5.86. The minimum absolute atomic E-state index is 0.217. The van der Waals surface area contributed by atoms with Crippen molar-refractivity contribution in [1.82, 2.24) is 19.6 Å². The van der Waals surface area contributed by atoms with Gasteiger partial charge in [-0.25, -0.2) is 4.98 Å². The molecule has 5 nitrogen and oxygen atoms in total. The Morgan fingerprint density at radius 2 is 2.12 bits per heavy atom. The lowest BCUT2D eigenvalue weighted by Gasteiger charge is -2.23. The van der Waals surface area contributed by atoms with E-state index >= 15 is 0 Å². The quantitative estimate of drug-likeness (QED) is 0.874. The summed E-state index contributed by atoms with van der Waals surface area (Å²) in [6, 6.07) is 1.85. The summed E-state index contributed by atoms with van der Waals surface area (Å²) in [6.45, 7) is 7.19. The molecule has 0 aliphatic rings. The van der Waals surface area contributed by atoms with Crippen molar-refractivity contribution in [2.45, 2.75) is 33.1 Å². The molecule has 92 valence electrons. The number of rotatable bonds is 3. The topological polar surface area (TPSA) is 69.1 Å². The fourth-order valence-corrected chi connectivity index (χ4v) is 2.06. The molecule has 0 bridgehead atoms. The van der Waals surface area contributed by atoms with Gasteiger partial charge >= 0.3 is 0 Å².